The van der Waals surface area contributed by atoms with Crippen LogP contribution in [0.1, 0.15) is 19.8 Å². The molecule has 1 rings (SSSR count). The Bertz CT molecular complexity index is 343. The number of likely N-dealkylation sites (N-methyl/N-ethyl adjacent to an activating group) is 1. The van der Waals surface area contributed by atoms with E-state index < -0.39 is 9.84 Å². The van der Waals surface area contributed by atoms with Gasteiger partial charge in [0.1, 0.15) is 0 Å². The lowest BCUT2D eigenvalue weighted by molar-refractivity contribution is 0.176. The monoisotopic (exact) mass is 278 g/mol. The van der Waals surface area contributed by atoms with Gasteiger partial charge in [-0.2, -0.15) is 0 Å². The maximum absolute atomic E-state index is 11.7. The van der Waals surface area contributed by atoms with Crippen LogP contribution >= 0.6 is 0 Å². The van der Waals surface area contributed by atoms with E-state index in [1.54, 1.807) is 0 Å². The number of aliphatic hydroxyl groups is 1. The summed E-state index contributed by atoms with van der Waals surface area (Å²) in [4.78, 5) is 4.19. The molecular weight excluding hydrogens is 252 g/mol. The Morgan fingerprint density at radius 2 is 2.00 bits per heavy atom. The van der Waals surface area contributed by atoms with Crippen LogP contribution in [-0.2, 0) is 9.84 Å². The van der Waals surface area contributed by atoms with Crippen molar-refractivity contribution >= 4 is 9.84 Å². The summed E-state index contributed by atoms with van der Waals surface area (Å²) in [6.45, 7) is 3.88. The average Bonchev–Trinajstić information content (AvgIpc) is 2.55. The van der Waals surface area contributed by atoms with Crippen LogP contribution in [0.25, 0.3) is 0 Å². The van der Waals surface area contributed by atoms with Crippen molar-refractivity contribution in [1.29, 1.82) is 0 Å². The van der Waals surface area contributed by atoms with Gasteiger partial charge in [-0.15, -0.1) is 0 Å². The minimum absolute atomic E-state index is 0.206. The first-order chi connectivity index (χ1) is 8.34. The standard InChI is InChI=1S/C12H26N2O3S/c1-4-6-18(16,17)7-5-14-10-12(15)8-11(14)9-13(2)3/h11-12,15H,4-10H2,1-3H3. The first-order valence-electron chi connectivity index (χ1n) is 6.61. The molecule has 1 aliphatic heterocycles. The predicted octanol–water partition coefficient (Wildman–Crippen LogP) is -0.192. The van der Waals surface area contributed by atoms with Crippen molar-refractivity contribution in [2.24, 2.45) is 0 Å². The van der Waals surface area contributed by atoms with Crippen LogP contribution in [0.4, 0.5) is 0 Å². The predicted molar refractivity (Wildman–Crippen MR) is 73.5 cm³/mol. The minimum Gasteiger partial charge on any atom is -0.392 e. The van der Waals surface area contributed by atoms with Gasteiger partial charge in [0.25, 0.3) is 0 Å². The number of likely N-dealkylation sites (tertiary alicyclic amines) is 1. The molecule has 18 heavy (non-hydrogen) atoms. The summed E-state index contributed by atoms with van der Waals surface area (Å²) in [5.41, 5.74) is 0. The summed E-state index contributed by atoms with van der Waals surface area (Å²) in [6.07, 6.45) is 1.10. The number of β-amino-alcohol motifs (C(OH)–C–C–N with tert-alkyl or cyclic N) is 1. The fourth-order valence-electron chi connectivity index (χ4n) is 2.51. The second kappa shape index (κ2) is 6.84. The molecule has 0 bridgehead atoms. The molecule has 1 heterocycles. The fourth-order valence-corrected chi connectivity index (χ4v) is 3.85. The molecule has 108 valence electrons. The molecule has 0 aromatic rings. The van der Waals surface area contributed by atoms with E-state index in [2.05, 4.69) is 9.80 Å². The van der Waals surface area contributed by atoms with Crippen LogP contribution in [0.2, 0.25) is 0 Å². The Kier molecular flexibility index (Phi) is 6.04. The van der Waals surface area contributed by atoms with Crippen LogP contribution in [-0.4, -0.2) is 80.7 Å². The summed E-state index contributed by atoms with van der Waals surface area (Å²) in [5.74, 6) is 0.471. The lowest BCUT2D eigenvalue weighted by Gasteiger charge is -2.26. The molecule has 0 spiro atoms. The normalized spacial score (nSPS) is 26.1. The molecule has 6 heteroatoms. The maximum Gasteiger partial charge on any atom is 0.151 e. The molecule has 2 atom stereocenters. The lowest BCUT2D eigenvalue weighted by Crippen LogP contribution is -2.40. The molecule has 1 fully saturated rings. The smallest absolute Gasteiger partial charge is 0.151 e. The zero-order valence-electron chi connectivity index (χ0n) is 11.7. The van der Waals surface area contributed by atoms with Crippen molar-refractivity contribution < 1.29 is 13.5 Å². The molecule has 0 amide bonds. The highest BCUT2D eigenvalue weighted by atomic mass is 32.2. The highest BCUT2D eigenvalue weighted by Crippen LogP contribution is 2.18. The average molecular weight is 278 g/mol. The molecule has 1 N–H and O–H groups in total. The topological polar surface area (TPSA) is 60.9 Å². The third-order valence-electron chi connectivity index (χ3n) is 3.29. The first kappa shape index (κ1) is 15.9. The molecule has 0 radical (unpaired) electrons. The van der Waals surface area contributed by atoms with Crippen molar-refractivity contribution in [2.45, 2.75) is 31.9 Å². The number of rotatable bonds is 7. The second-order valence-corrected chi connectivity index (χ2v) is 7.76. The Morgan fingerprint density at radius 1 is 1.33 bits per heavy atom. The molecule has 5 nitrogen and oxygen atoms in total. The molecule has 0 aromatic carbocycles. The third-order valence-corrected chi connectivity index (χ3v) is 5.12. The van der Waals surface area contributed by atoms with Crippen molar-refractivity contribution in [2.75, 3.05) is 45.2 Å². The Hall–Kier alpha value is -0.170. The van der Waals surface area contributed by atoms with Crippen LogP contribution in [0, 0.1) is 0 Å². The van der Waals surface area contributed by atoms with Crippen LogP contribution in [0.15, 0.2) is 0 Å². The summed E-state index contributed by atoms with van der Waals surface area (Å²) in [5, 5.41) is 9.71. The summed E-state index contributed by atoms with van der Waals surface area (Å²) in [6, 6.07) is 0.270. The molecule has 2 unspecified atom stereocenters. The molecule has 0 aliphatic carbocycles. The van der Waals surface area contributed by atoms with Gasteiger partial charge in [0.05, 0.1) is 11.9 Å². The summed E-state index contributed by atoms with van der Waals surface area (Å²) in [7, 11) is 1.07. The van der Waals surface area contributed by atoms with Gasteiger partial charge in [-0.1, -0.05) is 6.92 Å². The van der Waals surface area contributed by atoms with E-state index in [-0.39, 0.29) is 23.7 Å². The highest BCUT2D eigenvalue weighted by Gasteiger charge is 2.31. The van der Waals surface area contributed by atoms with E-state index in [1.165, 1.54) is 0 Å². The summed E-state index contributed by atoms with van der Waals surface area (Å²) < 4.78 is 23.4. The molecule has 0 saturated carbocycles. The quantitative estimate of drug-likeness (QED) is 0.699. The Morgan fingerprint density at radius 3 is 2.56 bits per heavy atom. The summed E-state index contributed by atoms with van der Waals surface area (Å²) >= 11 is 0. The van der Waals surface area contributed by atoms with Gasteiger partial charge in [-0.3, -0.25) is 4.90 Å². The van der Waals surface area contributed by atoms with Gasteiger partial charge < -0.3 is 10.0 Å². The molecular formula is C12H26N2O3S. The van der Waals surface area contributed by atoms with Gasteiger partial charge in [0, 0.05) is 31.4 Å². The van der Waals surface area contributed by atoms with Crippen molar-refractivity contribution in [3.05, 3.63) is 0 Å². The van der Waals surface area contributed by atoms with E-state index in [0.29, 0.717) is 19.5 Å². The van der Waals surface area contributed by atoms with E-state index in [0.717, 1.165) is 13.0 Å². The zero-order chi connectivity index (χ0) is 13.8. The number of nitrogens with zero attached hydrogens (tertiary/aromatic N) is 2. The Labute approximate surface area is 111 Å². The van der Waals surface area contributed by atoms with Crippen LogP contribution in [0.3, 0.4) is 0 Å². The van der Waals surface area contributed by atoms with Crippen molar-refractivity contribution in [3.8, 4) is 0 Å². The molecule has 1 aliphatic rings. The van der Waals surface area contributed by atoms with Gasteiger partial charge in [0.15, 0.2) is 9.84 Å². The number of sulfone groups is 1. The SMILES string of the molecule is CCCS(=O)(=O)CCN1CC(O)CC1CN(C)C. The highest BCUT2D eigenvalue weighted by molar-refractivity contribution is 7.91. The van der Waals surface area contributed by atoms with Crippen molar-refractivity contribution in [1.82, 2.24) is 9.80 Å². The maximum atomic E-state index is 11.7. The largest absolute Gasteiger partial charge is 0.392 e. The zero-order valence-corrected chi connectivity index (χ0v) is 12.5. The second-order valence-electron chi connectivity index (χ2n) is 5.45. The van der Waals surface area contributed by atoms with Gasteiger partial charge >= 0.3 is 0 Å². The lowest BCUT2D eigenvalue weighted by atomic mass is 10.2. The van der Waals surface area contributed by atoms with E-state index >= 15 is 0 Å². The van der Waals surface area contributed by atoms with Gasteiger partial charge in [-0.05, 0) is 26.9 Å². The van der Waals surface area contributed by atoms with Crippen LogP contribution < -0.4 is 0 Å². The number of aliphatic hydroxyl groups excluding tert-OH is 1. The van der Waals surface area contributed by atoms with E-state index in [9.17, 15) is 13.5 Å². The molecule has 0 aromatic heterocycles. The minimum atomic E-state index is -2.93. The van der Waals surface area contributed by atoms with Gasteiger partial charge in [0.2, 0.25) is 0 Å². The number of hydrogen-bond acceptors (Lipinski definition) is 5. The van der Waals surface area contributed by atoms with E-state index in [1.807, 2.05) is 21.0 Å². The van der Waals surface area contributed by atoms with Gasteiger partial charge in [-0.25, -0.2) is 8.42 Å². The van der Waals surface area contributed by atoms with Crippen molar-refractivity contribution in [3.63, 3.8) is 0 Å². The molecule has 1 saturated heterocycles. The van der Waals surface area contributed by atoms with Crippen LogP contribution in [0.5, 0.6) is 0 Å². The Balaban J connectivity index is 2.49. The fraction of sp³-hybridized carbons (Fsp3) is 1.00. The van der Waals surface area contributed by atoms with E-state index in [4.69, 9.17) is 0 Å². The third kappa shape index (κ3) is 5.22. The first-order valence-corrected chi connectivity index (χ1v) is 8.43. The number of hydrogen-bond donors (Lipinski definition) is 1.